The third-order valence-corrected chi connectivity index (χ3v) is 7.06. The van der Waals surface area contributed by atoms with E-state index in [0.29, 0.717) is 23.3 Å². The third kappa shape index (κ3) is 5.70. The number of aromatic amines is 1. The lowest BCUT2D eigenvalue weighted by Crippen LogP contribution is -2.26. The number of para-hydroxylation sites is 1. The van der Waals surface area contributed by atoms with Crippen LogP contribution in [0.15, 0.2) is 59.2 Å². The summed E-state index contributed by atoms with van der Waals surface area (Å²) in [5.41, 5.74) is 4.55. The molecule has 0 aliphatic carbocycles. The van der Waals surface area contributed by atoms with Crippen LogP contribution >= 0.6 is 15.9 Å². The number of imidazole rings is 1. The van der Waals surface area contributed by atoms with Crippen molar-refractivity contribution < 1.29 is 14.3 Å². The molecule has 0 radical (unpaired) electrons. The predicted molar refractivity (Wildman–Crippen MR) is 147 cm³/mol. The molecule has 0 saturated carbocycles. The minimum atomic E-state index is -0.178. The number of benzene rings is 2. The zero-order valence-electron chi connectivity index (χ0n) is 20.8. The molecule has 1 atom stereocenters. The summed E-state index contributed by atoms with van der Waals surface area (Å²) in [4.78, 5) is 26.5. The van der Waals surface area contributed by atoms with E-state index in [1.165, 1.54) is 5.56 Å². The summed E-state index contributed by atoms with van der Waals surface area (Å²) in [6.07, 6.45) is 2.82. The van der Waals surface area contributed by atoms with Crippen molar-refractivity contribution in [1.82, 2.24) is 25.2 Å². The number of aromatic nitrogens is 3. The van der Waals surface area contributed by atoms with Crippen LogP contribution in [0.3, 0.4) is 0 Å². The Morgan fingerprint density at radius 1 is 1.22 bits per heavy atom. The van der Waals surface area contributed by atoms with Crippen LogP contribution in [0.25, 0.3) is 22.6 Å². The van der Waals surface area contributed by atoms with E-state index in [2.05, 4.69) is 53.6 Å². The number of H-pyrrole nitrogens is 1. The summed E-state index contributed by atoms with van der Waals surface area (Å²) < 4.78 is 11.9. The molecule has 1 fully saturated rings. The molecule has 2 aromatic heterocycles. The number of carbonyl (C=O) groups excluding carboxylic acids is 1. The maximum atomic E-state index is 11.4. The number of halogens is 1. The number of nitrogens with one attached hydrogen (secondary N) is 3. The maximum absolute atomic E-state index is 11.4. The first kappa shape index (κ1) is 25.0. The lowest BCUT2D eigenvalue weighted by molar-refractivity contribution is -0.122. The van der Waals surface area contributed by atoms with Gasteiger partial charge in [-0.15, -0.1) is 0 Å². The summed E-state index contributed by atoms with van der Waals surface area (Å²) in [6.45, 7) is 2.76. The number of rotatable bonds is 9. The Hall–Kier alpha value is -3.63. The normalized spacial score (nSPS) is 15.6. The van der Waals surface area contributed by atoms with Crippen LogP contribution in [0.5, 0.6) is 11.5 Å². The van der Waals surface area contributed by atoms with Crippen molar-refractivity contribution >= 4 is 38.7 Å². The molecule has 1 amide bonds. The Morgan fingerprint density at radius 2 is 2.03 bits per heavy atom. The molecule has 0 bridgehead atoms. The molecular weight excluding hydrogens is 536 g/mol. The lowest BCUT2D eigenvalue weighted by Gasteiger charge is -2.19. The standard InChI is InChI=1S/C27H29BrN6O3/c1-29-23(35)16-37-20-9-7-17(8-10-20)26-32-25-24(21(28)13-30-27(25)33-26)31-19-11-12-34(15-19)14-18-5-3-4-6-22(18)36-2/h3-10,13,19H,11-12,14-16H2,1-2H3,(H,29,35)(H2,30,31,32,33)/t19-/m0/s1. The molecule has 0 unspecified atom stereocenters. The summed E-state index contributed by atoms with van der Waals surface area (Å²) >= 11 is 3.67. The summed E-state index contributed by atoms with van der Waals surface area (Å²) in [6, 6.07) is 15.9. The number of nitrogens with zero attached hydrogens (tertiary/aromatic N) is 3. The number of likely N-dealkylation sites (tertiary alicyclic amines) is 1. The number of fused-ring (bicyclic) bond motifs is 1. The molecule has 0 spiro atoms. The highest BCUT2D eigenvalue weighted by atomic mass is 79.9. The number of hydrogen-bond acceptors (Lipinski definition) is 7. The first-order valence-electron chi connectivity index (χ1n) is 12.1. The second-order valence-corrected chi connectivity index (χ2v) is 9.78. The number of likely N-dealkylation sites (N-methyl/N-ethyl adjacent to an activating group) is 1. The topological polar surface area (TPSA) is 104 Å². The van der Waals surface area contributed by atoms with Gasteiger partial charge in [0.15, 0.2) is 12.3 Å². The quantitative estimate of drug-likeness (QED) is 0.279. The van der Waals surface area contributed by atoms with Gasteiger partial charge in [-0.3, -0.25) is 9.69 Å². The largest absolute Gasteiger partial charge is 0.496 e. The minimum Gasteiger partial charge on any atom is -0.496 e. The van der Waals surface area contributed by atoms with Crippen molar-refractivity contribution in [3.63, 3.8) is 0 Å². The zero-order valence-corrected chi connectivity index (χ0v) is 22.3. The second kappa shape index (κ2) is 11.2. The van der Waals surface area contributed by atoms with Gasteiger partial charge in [0.2, 0.25) is 0 Å². The molecule has 2 aromatic carbocycles. The molecule has 1 aliphatic heterocycles. The first-order chi connectivity index (χ1) is 18.0. The Morgan fingerprint density at radius 3 is 2.81 bits per heavy atom. The van der Waals surface area contributed by atoms with E-state index in [1.54, 1.807) is 20.4 Å². The molecule has 5 rings (SSSR count). The van der Waals surface area contributed by atoms with Gasteiger partial charge in [0.25, 0.3) is 5.91 Å². The summed E-state index contributed by atoms with van der Waals surface area (Å²) in [5.74, 6) is 2.08. The average Bonchev–Trinajstić information content (AvgIpc) is 3.56. The van der Waals surface area contributed by atoms with Crippen LogP contribution in [0.1, 0.15) is 12.0 Å². The van der Waals surface area contributed by atoms with Gasteiger partial charge in [-0.05, 0) is 52.7 Å². The van der Waals surface area contributed by atoms with Crippen molar-refractivity contribution in [2.24, 2.45) is 0 Å². The van der Waals surface area contributed by atoms with Crippen molar-refractivity contribution in [1.29, 1.82) is 0 Å². The van der Waals surface area contributed by atoms with Crippen LogP contribution in [0, 0.1) is 0 Å². The Labute approximate surface area is 223 Å². The summed E-state index contributed by atoms with van der Waals surface area (Å²) in [5, 5.41) is 6.25. The number of anilines is 1. The van der Waals surface area contributed by atoms with Gasteiger partial charge in [0.1, 0.15) is 22.8 Å². The van der Waals surface area contributed by atoms with Crippen LogP contribution in [-0.2, 0) is 11.3 Å². The van der Waals surface area contributed by atoms with Crippen LogP contribution in [0.2, 0.25) is 0 Å². The minimum absolute atomic E-state index is 0.0229. The fourth-order valence-corrected chi connectivity index (χ4v) is 4.93. The second-order valence-electron chi connectivity index (χ2n) is 8.93. The van der Waals surface area contributed by atoms with Crippen molar-refractivity contribution in [3.05, 3.63) is 64.8 Å². The molecule has 1 saturated heterocycles. The Kier molecular flexibility index (Phi) is 7.57. The number of carbonyl (C=O) groups is 1. The zero-order chi connectivity index (χ0) is 25.8. The predicted octanol–water partition coefficient (Wildman–Crippen LogP) is 4.21. The number of ether oxygens (including phenoxy) is 2. The van der Waals surface area contributed by atoms with Gasteiger partial charge < -0.3 is 25.1 Å². The van der Waals surface area contributed by atoms with Crippen molar-refractivity contribution in [2.75, 3.05) is 39.2 Å². The fourth-order valence-electron chi connectivity index (χ4n) is 4.51. The first-order valence-corrected chi connectivity index (χ1v) is 12.9. The van der Waals surface area contributed by atoms with E-state index in [0.717, 1.165) is 53.0 Å². The van der Waals surface area contributed by atoms with Gasteiger partial charge in [0, 0.05) is 50.0 Å². The molecule has 192 valence electrons. The maximum Gasteiger partial charge on any atom is 0.257 e. The molecule has 1 aliphatic rings. The number of methoxy groups -OCH3 is 1. The summed E-state index contributed by atoms with van der Waals surface area (Å²) in [7, 11) is 3.30. The lowest BCUT2D eigenvalue weighted by atomic mass is 10.2. The fraction of sp³-hybridized carbons (Fsp3) is 0.296. The van der Waals surface area contributed by atoms with E-state index in [-0.39, 0.29) is 12.5 Å². The molecule has 3 heterocycles. The van der Waals surface area contributed by atoms with E-state index < -0.39 is 0 Å². The van der Waals surface area contributed by atoms with E-state index in [1.807, 2.05) is 36.4 Å². The molecule has 9 nitrogen and oxygen atoms in total. The highest BCUT2D eigenvalue weighted by Gasteiger charge is 2.25. The number of hydrogen-bond donors (Lipinski definition) is 3. The number of pyridine rings is 1. The van der Waals surface area contributed by atoms with E-state index in [9.17, 15) is 4.79 Å². The number of amides is 1. The van der Waals surface area contributed by atoms with E-state index in [4.69, 9.17) is 14.5 Å². The van der Waals surface area contributed by atoms with Crippen LogP contribution in [0.4, 0.5) is 5.69 Å². The van der Waals surface area contributed by atoms with Gasteiger partial charge in [0.05, 0.1) is 17.3 Å². The van der Waals surface area contributed by atoms with Crippen LogP contribution in [-0.4, -0.2) is 65.7 Å². The SMILES string of the molecule is CNC(=O)COc1ccc(-c2nc3ncc(Br)c(N[C@H]4CCN(Cc5ccccc5OC)C4)c3[nH]2)cc1. The Balaban J connectivity index is 1.29. The van der Waals surface area contributed by atoms with E-state index >= 15 is 0 Å². The highest BCUT2D eigenvalue weighted by molar-refractivity contribution is 9.10. The van der Waals surface area contributed by atoms with Crippen molar-refractivity contribution in [3.8, 4) is 22.9 Å². The molecule has 4 aromatic rings. The van der Waals surface area contributed by atoms with Gasteiger partial charge in [-0.1, -0.05) is 18.2 Å². The molecule has 10 heteroatoms. The highest BCUT2D eigenvalue weighted by Crippen LogP contribution is 2.33. The average molecular weight is 565 g/mol. The van der Waals surface area contributed by atoms with Crippen LogP contribution < -0.4 is 20.1 Å². The molecule has 37 heavy (non-hydrogen) atoms. The molecular formula is C27H29BrN6O3. The molecule has 3 N–H and O–H groups in total. The smallest absolute Gasteiger partial charge is 0.257 e. The van der Waals surface area contributed by atoms with Gasteiger partial charge in [-0.2, -0.15) is 0 Å². The Bertz CT molecular complexity index is 1390. The van der Waals surface area contributed by atoms with Crippen molar-refractivity contribution in [2.45, 2.75) is 19.0 Å². The van der Waals surface area contributed by atoms with Gasteiger partial charge in [-0.25, -0.2) is 9.97 Å². The monoisotopic (exact) mass is 564 g/mol. The third-order valence-electron chi connectivity index (χ3n) is 6.46. The van der Waals surface area contributed by atoms with Gasteiger partial charge >= 0.3 is 0 Å².